The van der Waals surface area contributed by atoms with Crippen LogP contribution in [0.5, 0.6) is 0 Å². The number of amides is 11. The maximum absolute atomic E-state index is 15.4. The maximum Gasteiger partial charge on any atom is 0.407 e. The van der Waals surface area contributed by atoms with Gasteiger partial charge in [-0.05, 0) is 85.0 Å². The summed E-state index contributed by atoms with van der Waals surface area (Å²) in [7, 11) is 0. The lowest BCUT2D eigenvalue weighted by Crippen LogP contribution is -2.59. The van der Waals surface area contributed by atoms with Gasteiger partial charge in [-0.2, -0.15) is 15.0 Å². The molecule has 0 aliphatic carbocycles. The van der Waals surface area contributed by atoms with Crippen LogP contribution in [0.15, 0.2) is 33.0 Å². The van der Waals surface area contributed by atoms with Gasteiger partial charge in [-0.25, -0.2) is 32.3 Å². The van der Waals surface area contributed by atoms with Gasteiger partial charge in [0.05, 0.1) is 76.5 Å². The second-order valence-corrected chi connectivity index (χ2v) is 32.0. The summed E-state index contributed by atoms with van der Waals surface area (Å²) < 4.78 is 88.1. The number of aromatic nitrogens is 6. The standard InChI is InChI=1S/C76H116F3N17O27/c1-16-43-53(101)56(104)68(120-43)94-28-40(77)59(90-71(94)113)87-62(107)37(10)81-65(110)50(34(4)5)84-46(97)21-25-117-31-76(93-49(100)20-19-24-80-74(116)123-75(13,14)15,32-118-26-22-47(98)85-51(35(6)7)66(111)82-38(11)63(108)88-60-41(78)29-95(72(114)91-60)69-57(105)54(102)44(17-2)121-69)33-119-27-23-48(99)86-52(36(8)9)67(112)83-39(12)64(109)89-61-42(79)30-96(73(115)92-61)70-58(106)55(103)45(18-3)122-70/h28-30,34-39,43-45,50-58,68-70,101-106H,16-27,31-33H2,1-15H3,(H,80,116)(H,81,110)(H,82,111)(H,83,112)(H,84,97)(H,85,98)(H,86,99)(H,93,100)(H,87,90,107,113)(H,88,91,108,114)(H,89,92,109,115)/t37-,38-,39-,43+,44+,45+,50-,51-,52-,53+,54+,55+,56+,57+,58+,68+,69+,70+/m0/s1. The van der Waals surface area contributed by atoms with Crippen molar-refractivity contribution >= 4 is 82.6 Å². The van der Waals surface area contributed by atoms with E-state index in [1.54, 1.807) is 83.1 Å². The predicted octanol–water partition coefficient (Wildman–Crippen LogP) is -2.61. The second kappa shape index (κ2) is 46.1. The molecule has 6 rings (SSSR count). The first-order valence-electron chi connectivity index (χ1n) is 40.3. The zero-order valence-electron chi connectivity index (χ0n) is 71.0. The van der Waals surface area contributed by atoms with Crippen molar-refractivity contribution in [1.82, 2.24) is 71.2 Å². The summed E-state index contributed by atoms with van der Waals surface area (Å²) in [6, 6.07) is -8.43. The summed E-state index contributed by atoms with van der Waals surface area (Å²) in [6.45, 7) is 19.5. The van der Waals surface area contributed by atoms with E-state index in [0.717, 1.165) is 0 Å². The Labute approximate surface area is 704 Å². The van der Waals surface area contributed by atoms with Gasteiger partial charge in [0.1, 0.15) is 84.0 Å². The summed E-state index contributed by atoms with van der Waals surface area (Å²) in [4.78, 5) is 199. The molecule has 0 aromatic carbocycles. The van der Waals surface area contributed by atoms with Gasteiger partial charge < -0.3 is 122 Å². The third-order valence-corrected chi connectivity index (χ3v) is 19.7. The van der Waals surface area contributed by atoms with Crippen molar-refractivity contribution in [3.8, 4) is 0 Å². The first kappa shape index (κ1) is 102. The van der Waals surface area contributed by atoms with Gasteiger partial charge in [0.25, 0.3) is 0 Å². The highest BCUT2D eigenvalue weighted by atomic mass is 19.1. The van der Waals surface area contributed by atoms with Crippen molar-refractivity contribution in [1.29, 1.82) is 0 Å². The molecule has 18 atom stereocenters. The molecule has 688 valence electrons. The second-order valence-electron chi connectivity index (χ2n) is 32.0. The molecule has 44 nitrogen and oxygen atoms in total. The van der Waals surface area contributed by atoms with E-state index in [9.17, 15) is 97.8 Å². The molecular weight excluding hydrogens is 1640 g/mol. The Kier molecular flexibility index (Phi) is 38.1. The van der Waals surface area contributed by atoms with Crippen LogP contribution in [0.1, 0.15) is 174 Å². The highest BCUT2D eigenvalue weighted by Gasteiger charge is 2.47. The Morgan fingerprint density at radius 3 is 0.967 bits per heavy atom. The quantitative estimate of drug-likeness (QED) is 0.0258. The van der Waals surface area contributed by atoms with Gasteiger partial charge in [-0.3, -0.25) is 61.6 Å². The lowest BCUT2D eigenvalue weighted by molar-refractivity contribution is -0.134. The van der Waals surface area contributed by atoms with Gasteiger partial charge in [0.2, 0.25) is 59.1 Å². The van der Waals surface area contributed by atoms with Crippen LogP contribution in [0.25, 0.3) is 0 Å². The monoisotopic (exact) mass is 1760 g/mol. The number of rotatable bonds is 44. The van der Waals surface area contributed by atoms with E-state index < -0.39 is 315 Å². The molecule has 6 heterocycles. The van der Waals surface area contributed by atoms with Crippen molar-refractivity contribution in [2.24, 2.45) is 17.8 Å². The molecular formula is C76H116F3N17O27. The first-order chi connectivity index (χ1) is 57.6. The normalized spacial score (nSPS) is 22.3. The van der Waals surface area contributed by atoms with E-state index in [1.807, 2.05) is 0 Å². The van der Waals surface area contributed by atoms with Gasteiger partial charge in [0.15, 0.2) is 53.6 Å². The van der Waals surface area contributed by atoms with Crippen LogP contribution in [-0.4, -0.2) is 273 Å². The minimum atomic E-state index is -1.85. The molecule has 3 saturated heterocycles. The van der Waals surface area contributed by atoms with E-state index >= 15 is 13.2 Å². The Morgan fingerprint density at radius 2 is 0.715 bits per heavy atom. The predicted molar refractivity (Wildman–Crippen MR) is 424 cm³/mol. The number of hydrogen-bond acceptors (Lipinski definition) is 30. The van der Waals surface area contributed by atoms with E-state index in [0.29, 0.717) is 32.3 Å². The van der Waals surface area contributed by atoms with Crippen molar-refractivity contribution in [2.45, 2.75) is 276 Å². The molecule has 3 aliphatic rings. The number of carbonyl (C=O) groups excluding carboxylic acids is 11. The lowest BCUT2D eigenvalue weighted by atomic mass is 10.0. The fourth-order valence-electron chi connectivity index (χ4n) is 12.8. The van der Waals surface area contributed by atoms with Gasteiger partial charge >= 0.3 is 23.2 Å². The fraction of sp³-hybridized carbons (Fsp3) is 0.697. The average molecular weight is 1760 g/mol. The van der Waals surface area contributed by atoms with Crippen molar-refractivity contribution in [2.75, 3.05) is 62.1 Å². The van der Waals surface area contributed by atoms with Gasteiger partial charge in [-0.15, -0.1) is 0 Å². The zero-order chi connectivity index (χ0) is 92.0. The molecule has 3 fully saturated rings. The number of nitrogens with one attached hydrogen (secondary N) is 11. The molecule has 0 spiro atoms. The van der Waals surface area contributed by atoms with Crippen LogP contribution in [0.3, 0.4) is 0 Å². The van der Waals surface area contributed by atoms with Crippen LogP contribution < -0.4 is 75.6 Å². The Bertz CT molecular complexity index is 3990. The van der Waals surface area contributed by atoms with Crippen LogP contribution in [0.2, 0.25) is 0 Å². The van der Waals surface area contributed by atoms with Crippen molar-refractivity contribution in [3.63, 3.8) is 0 Å². The van der Waals surface area contributed by atoms with Crippen LogP contribution in [0, 0.1) is 35.2 Å². The van der Waals surface area contributed by atoms with Crippen LogP contribution in [0.4, 0.5) is 35.4 Å². The smallest absolute Gasteiger partial charge is 0.407 e. The number of hydrogen-bond donors (Lipinski definition) is 17. The molecule has 11 amide bonds. The average Bonchev–Trinajstić information content (AvgIpc) is 1.67. The number of nitrogens with zero attached hydrogens (tertiary/aromatic N) is 6. The topological polar surface area (TPSA) is 611 Å². The molecule has 0 unspecified atom stereocenters. The summed E-state index contributed by atoms with van der Waals surface area (Å²) >= 11 is 0. The first-order valence-corrected chi connectivity index (χ1v) is 40.3. The molecule has 123 heavy (non-hydrogen) atoms. The molecule has 0 radical (unpaired) electrons. The molecule has 0 saturated carbocycles. The van der Waals surface area contributed by atoms with E-state index in [1.165, 1.54) is 20.8 Å². The molecule has 47 heteroatoms. The molecule has 0 bridgehead atoms. The highest BCUT2D eigenvalue weighted by Crippen LogP contribution is 2.33. The highest BCUT2D eigenvalue weighted by molar-refractivity contribution is 6.00. The van der Waals surface area contributed by atoms with Crippen LogP contribution >= 0.6 is 0 Å². The Hall–Kier alpha value is -10.1. The van der Waals surface area contributed by atoms with E-state index in [2.05, 4.69) is 73.4 Å². The summed E-state index contributed by atoms with van der Waals surface area (Å²) in [5, 5.41) is 89.0. The van der Waals surface area contributed by atoms with Gasteiger partial charge in [0, 0.05) is 32.2 Å². The molecule has 17 N–H and O–H groups in total. The largest absolute Gasteiger partial charge is 0.444 e. The zero-order valence-corrected chi connectivity index (χ0v) is 71.0. The van der Waals surface area contributed by atoms with Crippen molar-refractivity contribution < 1.29 is 130 Å². The molecule has 3 aromatic heterocycles. The minimum absolute atomic E-state index is 0.00220. The Balaban J connectivity index is 1.16. The number of halogens is 3. The fourth-order valence-corrected chi connectivity index (χ4v) is 12.8. The number of alkyl carbamates (subject to hydrolysis) is 1. The summed E-state index contributed by atoms with van der Waals surface area (Å²) in [6.07, 6.45) is -16.3. The number of carbonyl (C=O) groups is 11. The van der Waals surface area contributed by atoms with Gasteiger partial charge in [-0.1, -0.05) is 62.3 Å². The summed E-state index contributed by atoms with van der Waals surface area (Å²) in [5.41, 5.74) is -6.24. The van der Waals surface area contributed by atoms with Crippen molar-refractivity contribution in [3.05, 3.63) is 67.5 Å². The number of aliphatic hydroxyl groups excluding tert-OH is 6. The third kappa shape index (κ3) is 28.7. The minimum Gasteiger partial charge on any atom is -0.444 e. The number of aliphatic hydroxyl groups is 6. The Morgan fingerprint density at radius 1 is 0.431 bits per heavy atom. The van der Waals surface area contributed by atoms with E-state index in [4.69, 9.17) is 33.2 Å². The maximum atomic E-state index is 15.4. The molecule has 3 aliphatic heterocycles. The lowest BCUT2D eigenvalue weighted by Gasteiger charge is -2.34. The summed E-state index contributed by atoms with van der Waals surface area (Å²) in [5.74, 6) is -17.3. The molecule has 3 aromatic rings. The third-order valence-electron chi connectivity index (χ3n) is 19.7. The van der Waals surface area contributed by atoms with E-state index in [-0.39, 0.29) is 38.6 Å². The SMILES string of the molecule is CC[C@H]1O[C@@H](n2cc(F)c(NC(=O)[C@H](C)NC(=O)[C@@H](NC(=O)CCOCC(COCCC(=O)N[C@H](C(=O)N[C@@H](C)C(=O)Nc3nc(=O)n([C@@H]4O[C@H](CC)[C@@H](O)[C@H]4O)cc3F)C(C)C)(COCCC(=O)N[C@H](C(=O)N[C@@H](C)C(=O)Nc3nc(=O)n([C@@H]4O[C@H](CC)[C@@H](O)[C@H]4O)cc3F)C(C)C)NC(=O)CCCNC(=O)OC(C)(C)C)C(C)C)nc2=O)[C@H](O)[C@@H]1O. The number of ether oxygens (including phenoxy) is 7. The number of anilines is 3. The van der Waals surface area contributed by atoms with Crippen LogP contribution in [-0.2, 0) is 81.1 Å².